The number of nitrogens with two attached hydrogens (primary N) is 1. The summed E-state index contributed by atoms with van der Waals surface area (Å²) in [5.74, 6) is 0.742. The summed E-state index contributed by atoms with van der Waals surface area (Å²) in [6.07, 6.45) is 1.63. The molecule has 2 aromatic carbocycles. The molecule has 3 rings (SSSR count). The molecule has 0 radical (unpaired) electrons. The molecule has 1 saturated carbocycles. The van der Waals surface area contributed by atoms with Crippen LogP contribution >= 0.6 is 11.6 Å². The van der Waals surface area contributed by atoms with Gasteiger partial charge in [0.2, 0.25) is 0 Å². The largest absolute Gasteiger partial charge is 0.327 e. The van der Waals surface area contributed by atoms with E-state index in [9.17, 15) is 4.39 Å². The van der Waals surface area contributed by atoms with E-state index >= 15 is 0 Å². The monoisotopic (exact) mass is 289 g/mol. The lowest BCUT2D eigenvalue weighted by Gasteiger charge is -2.12. The maximum absolute atomic E-state index is 13.7. The number of hydrogen-bond acceptors (Lipinski definition) is 1. The normalized spacial score (nSPS) is 22.6. The van der Waals surface area contributed by atoms with Crippen LogP contribution < -0.4 is 5.73 Å². The van der Waals surface area contributed by atoms with E-state index in [0.717, 1.165) is 6.42 Å². The molecule has 0 heterocycles. The van der Waals surface area contributed by atoms with Gasteiger partial charge in [-0.15, -0.1) is 0 Å². The summed E-state index contributed by atoms with van der Waals surface area (Å²) in [4.78, 5) is 0. The molecule has 104 valence electrons. The van der Waals surface area contributed by atoms with E-state index < -0.39 is 0 Å². The summed E-state index contributed by atoms with van der Waals surface area (Å²) in [6, 6.07) is 15.0. The quantitative estimate of drug-likeness (QED) is 0.899. The van der Waals surface area contributed by atoms with Gasteiger partial charge in [-0.05, 0) is 54.0 Å². The Hall–Kier alpha value is -1.38. The molecular formula is C17H17ClFN. The standard InChI is InChI=1S/C17H17ClFN/c18-13-6-7-16(19)12(8-13)9-17(20)15-10-14(15)11-4-2-1-3-5-11/h1-8,14-15,17H,9-10,20H2. The summed E-state index contributed by atoms with van der Waals surface area (Å²) >= 11 is 5.91. The Morgan fingerprint density at radius 1 is 1.20 bits per heavy atom. The Labute approximate surface area is 123 Å². The van der Waals surface area contributed by atoms with E-state index in [2.05, 4.69) is 12.1 Å². The molecule has 1 nitrogen and oxygen atoms in total. The first-order valence-corrected chi connectivity index (χ1v) is 7.27. The molecule has 0 amide bonds. The van der Waals surface area contributed by atoms with Crippen molar-refractivity contribution in [1.82, 2.24) is 0 Å². The Morgan fingerprint density at radius 2 is 1.95 bits per heavy atom. The van der Waals surface area contributed by atoms with Crippen LogP contribution in [0.15, 0.2) is 48.5 Å². The van der Waals surface area contributed by atoms with Crippen LogP contribution in [0.25, 0.3) is 0 Å². The van der Waals surface area contributed by atoms with E-state index in [0.29, 0.717) is 28.8 Å². The highest BCUT2D eigenvalue weighted by Crippen LogP contribution is 2.49. The Morgan fingerprint density at radius 3 is 2.70 bits per heavy atom. The molecular weight excluding hydrogens is 273 g/mol. The molecule has 0 aromatic heterocycles. The van der Waals surface area contributed by atoms with Crippen molar-refractivity contribution in [3.05, 3.63) is 70.5 Å². The predicted molar refractivity (Wildman–Crippen MR) is 80.4 cm³/mol. The summed E-state index contributed by atoms with van der Waals surface area (Å²) in [5.41, 5.74) is 8.20. The SMILES string of the molecule is NC(Cc1cc(Cl)ccc1F)C1CC1c1ccccc1. The second kappa shape index (κ2) is 5.55. The molecule has 1 aliphatic rings. The molecule has 20 heavy (non-hydrogen) atoms. The maximum Gasteiger partial charge on any atom is 0.126 e. The van der Waals surface area contributed by atoms with Crippen molar-refractivity contribution in [3.8, 4) is 0 Å². The zero-order chi connectivity index (χ0) is 14.1. The van der Waals surface area contributed by atoms with Crippen molar-refractivity contribution < 1.29 is 4.39 Å². The van der Waals surface area contributed by atoms with Gasteiger partial charge in [0.15, 0.2) is 0 Å². The van der Waals surface area contributed by atoms with Crippen LogP contribution in [0.4, 0.5) is 4.39 Å². The molecule has 1 aliphatic carbocycles. The van der Waals surface area contributed by atoms with Crippen LogP contribution in [0.5, 0.6) is 0 Å². The minimum absolute atomic E-state index is 0.0202. The van der Waals surface area contributed by atoms with Gasteiger partial charge in [0.25, 0.3) is 0 Å². The molecule has 0 aliphatic heterocycles. The van der Waals surface area contributed by atoms with Gasteiger partial charge in [0.05, 0.1) is 0 Å². The van der Waals surface area contributed by atoms with E-state index in [-0.39, 0.29) is 11.9 Å². The minimum atomic E-state index is -0.221. The van der Waals surface area contributed by atoms with Gasteiger partial charge >= 0.3 is 0 Å². The van der Waals surface area contributed by atoms with Crippen LogP contribution in [-0.4, -0.2) is 6.04 Å². The maximum atomic E-state index is 13.7. The summed E-state index contributed by atoms with van der Waals surface area (Å²) < 4.78 is 13.7. The molecule has 3 atom stereocenters. The fraction of sp³-hybridized carbons (Fsp3) is 0.294. The highest BCUT2D eigenvalue weighted by Gasteiger charge is 2.42. The van der Waals surface area contributed by atoms with Gasteiger partial charge in [-0.3, -0.25) is 0 Å². The third kappa shape index (κ3) is 2.87. The van der Waals surface area contributed by atoms with E-state index in [1.165, 1.54) is 11.6 Å². The molecule has 0 spiro atoms. The van der Waals surface area contributed by atoms with E-state index in [4.69, 9.17) is 17.3 Å². The molecule has 2 N–H and O–H groups in total. The third-order valence-electron chi connectivity index (χ3n) is 4.08. The fourth-order valence-electron chi connectivity index (χ4n) is 2.88. The van der Waals surface area contributed by atoms with Crippen molar-refractivity contribution in [1.29, 1.82) is 0 Å². The Kier molecular flexibility index (Phi) is 3.77. The Bertz CT molecular complexity index is 599. The molecule has 3 unspecified atom stereocenters. The molecule has 1 fully saturated rings. The lowest BCUT2D eigenvalue weighted by Crippen LogP contribution is -2.26. The van der Waals surface area contributed by atoms with Gasteiger partial charge in [-0.2, -0.15) is 0 Å². The van der Waals surface area contributed by atoms with Gasteiger partial charge < -0.3 is 5.73 Å². The average molecular weight is 290 g/mol. The van der Waals surface area contributed by atoms with Crippen molar-refractivity contribution >= 4 is 11.6 Å². The number of halogens is 2. The lowest BCUT2D eigenvalue weighted by molar-refractivity contribution is 0.547. The van der Waals surface area contributed by atoms with Crippen molar-refractivity contribution in [2.45, 2.75) is 24.8 Å². The molecule has 0 bridgehead atoms. The summed E-state index contributed by atoms with van der Waals surface area (Å²) in [5, 5.41) is 0.559. The first kappa shape index (κ1) is 13.6. The zero-order valence-corrected chi connectivity index (χ0v) is 11.9. The fourth-order valence-corrected chi connectivity index (χ4v) is 3.07. The van der Waals surface area contributed by atoms with Gasteiger partial charge in [-0.25, -0.2) is 4.39 Å². The molecule has 2 aromatic rings. The number of rotatable bonds is 4. The van der Waals surface area contributed by atoms with Crippen molar-refractivity contribution in [3.63, 3.8) is 0 Å². The number of benzene rings is 2. The highest BCUT2D eigenvalue weighted by molar-refractivity contribution is 6.30. The first-order chi connectivity index (χ1) is 9.65. The number of hydrogen-bond donors (Lipinski definition) is 1. The lowest BCUT2D eigenvalue weighted by atomic mass is 9.99. The van der Waals surface area contributed by atoms with E-state index in [1.807, 2.05) is 18.2 Å². The Balaban J connectivity index is 1.67. The second-order valence-electron chi connectivity index (χ2n) is 5.52. The third-order valence-corrected chi connectivity index (χ3v) is 4.32. The molecule has 3 heteroatoms. The van der Waals surface area contributed by atoms with Crippen LogP contribution in [-0.2, 0) is 6.42 Å². The van der Waals surface area contributed by atoms with Crippen molar-refractivity contribution in [2.24, 2.45) is 11.7 Å². The van der Waals surface area contributed by atoms with Gasteiger partial charge in [0.1, 0.15) is 5.82 Å². The predicted octanol–water partition coefficient (Wildman–Crippen LogP) is 4.15. The van der Waals surface area contributed by atoms with Gasteiger partial charge in [-0.1, -0.05) is 41.9 Å². The van der Waals surface area contributed by atoms with Crippen molar-refractivity contribution in [2.75, 3.05) is 0 Å². The van der Waals surface area contributed by atoms with E-state index in [1.54, 1.807) is 12.1 Å². The molecule has 0 saturated heterocycles. The summed E-state index contributed by atoms with van der Waals surface area (Å²) in [6.45, 7) is 0. The topological polar surface area (TPSA) is 26.0 Å². The highest BCUT2D eigenvalue weighted by atomic mass is 35.5. The first-order valence-electron chi connectivity index (χ1n) is 6.89. The van der Waals surface area contributed by atoms with Crippen LogP contribution in [0.1, 0.15) is 23.5 Å². The van der Waals surface area contributed by atoms with Crippen LogP contribution in [0, 0.1) is 11.7 Å². The summed E-state index contributed by atoms with van der Waals surface area (Å²) in [7, 11) is 0. The second-order valence-corrected chi connectivity index (χ2v) is 5.96. The minimum Gasteiger partial charge on any atom is -0.327 e. The van der Waals surface area contributed by atoms with Gasteiger partial charge in [0, 0.05) is 11.1 Å². The van der Waals surface area contributed by atoms with Crippen LogP contribution in [0.2, 0.25) is 5.02 Å². The zero-order valence-electron chi connectivity index (χ0n) is 11.1. The smallest absolute Gasteiger partial charge is 0.126 e. The van der Waals surface area contributed by atoms with Crippen LogP contribution in [0.3, 0.4) is 0 Å². The average Bonchev–Trinajstić information content (AvgIpc) is 3.24.